The van der Waals surface area contributed by atoms with E-state index in [1.807, 2.05) is 18.5 Å². The van der Waals surface area contributed by atoms with Crippen molar-refractivity contribution >= 4 is 13.8 Å². The van der Waals surface area contributed by atoms with Gasteiger partial charge in [0, 0.05) is 6.04 Å². The van der Waals surface area contributed by atoms with E-state index in [0.717, 1.165) is 31.4 Å². The molecule has 7 heteroatoms. The number of nitrogens with zero attached hydrogens (tertiary/aromatic N) is 3. The fraction of sp³-hybridized carbons (Fsp3) is 0.812. The van der Waals surface area contributed by atoms with E-state index in [-0.39, 0.29) is 24.8 Å². The summed E-state index contributed by atoms with van der Waals surface area (Å²) in [6.45, 7) is 7.96. The Kier molecular flexibility index (Phi) is 6.21. The van der Waals surface area contributed by atoms with Crippen molar-refractivity contribution in [1.29, 1.82) is 0 Å². The number of esters is 1. The van der Waals surface area contributed by atoms with Crippen LogP contribution >= 0.6 is 0 Å². The molecule has 1 aromatic heterocycles. The predicted molar refractivity (Wildman–Crippen MR) is 90.2 cm³/mol. The number of ether oxygens (including phenoxy) is 2. The Morgan fingerprint density at radius 1 is 1.30 bits per heavy atom. The van der Waals surface area contributed by atoms with Crippen LogP contribution in [-0.2, 0) is 20.7 Å². The van der Waals surface area contributed by atoms with Crippen LogP contribution in [0.1, 0.15) is 70.2 Å². The summed E-state index contributed by atoms with van der Waals surface area (Å²) in [7, 11) is 2.19. The molecule has 0 N–H and O–H groups in total. The number of fused-ring (bicyclic) bond motifs is 1. The van der Waals surface area contributed by atoms with E-state index in [1.165, 1.54) is 5.69 Å². The molecule has 6 nitrogen and oxygen atoms in total. The Balaban J connectivity index is 1.98. The number of carbonyl (C=O) groups is 1. The molecule has 0 radical (unpaired) electrons. The molecule has 1 aliphatic carbocycles. The Morgan fingerprint density at radius 3 is 2.70 bits per heavy atom. The Labute approximate surface area is 139 Å². The molecule has 128 valence electrons. The van der Waals surface area contributed by atoms with Crippen LogP contribution in [0, 0.1) is 0 Å². The van der Waals surface area contributed by atoms with E-state index in [4.69, 9.17) is 9.47 Å². The molecule has 23 heavy (non-hydrogen) atoms. The maximum absolute atomic E-state index is 11.6. The summed E-state index contributed by atoms with van der Waals surface area (Å²) < 4.78 is 12.9. The molecule has 2 rings (SSSR count). The van der Waals surface area contributed by atoms with Crippen molar-refractivity contribution in [3.05, 3.63) is 11.4 Å². The molecule has 0 aromatic carbocycles. The van der Waals surface area contributed by atoms with Gasteiger partial charge in [-0.3, -0.25) is 0 Å². The average molecular weight is 321 g/mol. The Bertz CT molecular complexity index is 531. The minimum absolute atomic E-state index is 0.0335. The minimum atomic E-state index is -0.287. The topological polar surface area (TPSA) is 66.2 Å². The van der Waals surface area contributed by atoms with Gasteiger partial charge in [-0.15, -0.1) is 5.10 Å². The molecule has 0 aliphatic heterocycles. The quantitative estimate of drug-likeness (QED) is 0.609. The molecule has 0 amide bonds. The standard InChI is InChI=1S/C16H28BN3O3/c1-10(2)20-14-8-6-12(22-9-15(21)23-11(3)4)5-7-13(17)16(14)18-19-20/h10-13H,5-9,17H2,1-4H3. The fourth-order valence-corrected chi connectivity index (χ4v) is 3.03. The molecule has 0 bridgehead atoms. The second-order valence-electron chi connectivity index (χ2n) is 6.95. The van der Waals surface area contributed by atoms with E-state index in [2.05, 4.69) is 32.0 Å². The molecule has 0 saturated carbocycles. The summed E-state index contributed by atoms with van der Waals surface area (Å²) in [5, 5.41) is 8.71. The highest BCUT2D eigenvalue weighted by molar-refractivity contribution is 6.12. The van der Waals surface area contributed by atoms with E-state index in [0.29, 0.717) is 11.9 Å². The van der Waals surface area contributed by atoms with Gasteiger partial charge in [-0.1, -0.05) is 5.21 Å². The third kappa shape index (κ3) is 4.80. The molecule has 2 atom stereocenters. The second kappa shape index (κ2) is 7.95. The zero-order valence-electron chi connectivity index (χ0n) is 14.9. The molecule has 1 heterocycles. The van der Waals surface area contributed by atoms with Gasteiger partial charge < -0.3 is 9.47 Å². The zero-order valence-corrected chi connectivity index (χ0v) is 14.9. The molecule has 1 aliphatic rings. The normalized spacial score (nSPS) is 21.8. The van der Waals surface area contributed by atoms with Crippen molar-refractivity contribution in [3.63, 3.8) is 0 Å². The van der Waals surface area contributed by atoms with Crippen LogP contribution in [0.4, 0.5) is 0 Å². The third-order valence-corrected chi connectivity index (χ3v) is 4.21. The van der Waals surface area contributed by atoms with Crippen molar-refractivity contribution in [1.82, 2.24) is 15.0 Å². The number of carbonyl (C=O) groups excluding carboxylic acids is 1. The van der Waals surface area contributed by atoms with Crippen LogP contribution < -0.4 is 0 Å². The molecular weight excluding hydrogens is 293 g/mol. The van der Waals surface area contributed by atoms with E-state index >= 15 is 0 Å². The van der Waals surface area contributed by atoms with Crippen molar-refractivity contribution in [2.45, 2.75) is 77.4 Å². The lowest BCUT2D eigenvalue weighted by Gasteiger charge is -2.23. The van der Waals surface area contributed by atoms with Gasteiger partial charge in [0.05, 0.1) is 23.6 Å². The van der Waals surface area contributed by atoms with Gasteiger partial charge in [0.25, 0.3) is 0 Å². The first kappa shape index (κ1) is 18.0. The number of rotatable bonds is 5. The van der Waals surface area contributed by atoms with Crippen LogP contribution in [0.2, 0.25) is 0 Å². The van der Waals surface area contributed by atoms with Crippen molar-refractivity contribution in [2.24, 2.45) is 0 Å². The van der Waals surface area contributed by atoms with Crippen molar-refractivity contribution in [2.75, 3.05) is 6.61 Å². The van der Waals surface area contributed by atoms with Gasteiger partial charge in [-0.2, -0.15) is 0 Å². The number of hydrogen-bond acceptors (Lipinski definition) is 5. The largest absolute Gasteiger partial charge is 0.461 e. The van der Waals surface area contributed by atoms with Crippen molar-refractivity contribution < 1.29 is 14.3 Å². The highest BCUT2D eigenvalue weighted by Crippen LogP contribution is 2.28. The fourth-order valence-electron chi connectivity index (χ4n) is 3.03. The van der Waals surface area contributed by atoms with Crippen LogP contribution in [0.3, 0.4) is 0 Å². The van der Waals surface area contributed by atoms with Gasteiger partial charge in [-0.25, -0.2) is 9.48 Å². The van der Waals surface area contributed by atoms with E-state index in [1.54, 1.807) is 0 Å². The Morgan fingerprint density at radius 2 is 2.04 bits per heavy atom. The molecule has 0 saturated heterocycles. The SMILES string of the molecule is BC1CCC(OCC(=O)OC(C)C)CCc2c1nnn2C(C)C. The number of hydrogen-bond donors (Lipinski definition) is 0. The lowest BCUT2D eigenvalue weighted by atomic mass is 9.77. The molecule has 1 aromatic rings. The van der Waals surface area contributed by atoms with Crippen LogP contribution in [-0.4, -0.2) is 47.6 Å². The van der Waals surface area contributed by atoms with E-state index < -0.39 is 0 Å². The second-order valence-corrected chi connectivity index (χ2v) is 6.95. The summed E-state index contributed by atoms with van der Waals surface area (Å²) >= 11 is 0. The maximum atomic E-state index is 11.6. The summed E-state index contributed by atoms with van der Waals surface area (Å²) in [6.07, 6.45) is 3.68. The lowest BCUT2D eigenvalue weighted by molar-refractivity contribution is -0.155. The van der Waals surface area contributed by atoms with Crippen LogP contribution in [0.15, 0.2) is 0 Å². The summed E-state index contributed by atoms with van der Waals surface area (Å²) in [5.74, 6) is 0.0798. The first-order valence-electron chi connectivity index (χ1n) is 8.63. The smallest absolute Gasteiger partial charge is 0.332 e. The minimum Gasteiger partial charge on any atom is -0.461 e. The zero-order chi connectivity index (χ0) is 17.0. The first-order valence-corrected chi connectivity index (χ1v) is 8.63. The molecular formula is C16H28BN3O3. The van der Waals surface area contributed by atoms with E-state index in [9.17, 15) is 4.79 Å². The predicted octanol–water partition coefficient (Wildman–Crippen LogP) is 1.60. The summed E-state index contributed by atoms with van der Waals surface area (Å²) in [4.78, 5) is 11.6. The van der Waals surface area contributed by atoms with Crippen LogP contribution in [0.5, 0.6) is 0 Å². The van der Waals surface area contributed by atoms with Crippen LogP contribution in [0.25, 0.3) is 0 Å². The van der Waals surface area contributed by atoms with Crippen molar-refractivity contribution in [3.8, 4) is 0 Å². The average Bonchev–Trinajstić information content (AvgIpc) is 2.87. The summed E-state index contributed by atoms with van der Waals surface area (Å²) in [5.41, 5.74) is 2.34. The molecule has 0 spiro atoms. The molecule has 0 fully saturated rings. The van der Waals surface area contributed by atoms with Gasteiger partial charge in [0.2, 0.25) is 0 Å². The van der Waals surface area contributed by atoms with Gasteiger partial charge in [-0.05, 0) is 59.2 Å². The van der Waals surface area contributed by atoms with Gasteiger partial charge in [0.15, 0.2) is 0 Å². The molecule has 2 unspecified atom stereocenters. The highest BCUT2D eigenvalue weighted by Gasteiger charge is 2.25. The van der Waals surface area contributed by atoms with Gasteiger partial charge >= 0.3 is 5.97 Å². The first-order chi connectivity index (χ1) is 10.9. The lowest BCUT2D eigenvalue weighted by Crippen LogP contribution is -2.25. The summed E-state index contributed by atoms with van der Waals surface area (Å²) in [6, 6.07) is 0.304. The number of aromatic nitrogens is 3. The van der Waals surface area contributed by atoms with Gasteiger partial charge in [0.1, 0.15) is 14.5 Å². The highest BCUT2D eigenvalue weighted by atomic mass is 16.6. The third-order valence-electron chi connectivity index (χ3n) is 4.21. The Hall–Kier alpha value is -1.37. The monoisotopic (exact) mass is 321 g/mol. The maximum Gasteiger partial charge on any atom is 0.332 e.